The summed E-state index contributed by atoms with van der Waals surface area (Å²) in [4.78, 5) is 0. The van der Waals surface area contributed by atoms with E-state index in [1.54, 1.807) is 12.1 Å². The quantitative estimate of drug-likeness (QED) is 0.772. The fourth-order valence-electron chi connectivity index (χ4n) is 2.00. The Labute approximate surface area is 136 Å². The molecule has 0 unspecified atom stereocenters. The zero-order chi connectivity index (χ0) is 14.8. The summed E-state index contributed by atoms with van der Waals surface area (Å²) in [5.41, 5.74) is 0.963. The molecule has 0 atom stereocenters. The van der Waals surface area contributed by atoms with Crippen molar-refractivity contribution in [1.29, 1.82) is 0 Å². The van der Waals surface area contributed by atoms with Crippen molar-refractivity contribution < 1.29 is 9.13 Å². The minimum atomic E-state index is -0.334. The van der Waals surface area contributed by atoms with E-state index in [0.29, 0.717) is 33.6 Å². The lowest BCUT2D eigenvalue weighted by Gasteiger charge is -2.13. The molecule has 3 rings (SSSR count). The van der Waals surface area contributed by atoms with E-state index < -0.39 is 0 Å². The second kappa shape index (κ2) is 6.34. The number of halogens is 3. The van der Waals surface area contributed by atoms with E-state index in [1.165, 1.54) is 25.0 Å². The predicted octanol–water partition coefficient (Wildman–Crippen LogP) is 5.29. The van der Waals surface area contributed by atoms with E-state index in [-0.39, 0.29) is 5.82 Å². The summed E-state index contributed by atoms with van der Waals surface area (Å²) >= 11 is 9.42. The van der Waals surface area contributed by atoms with Crippen molar-refractivity contribution in [1.82, 2.24) is 5.32 Å². The van der Waals surface area contributed by atoms with Crippen molar-refractivity contribution in [2.24, 2.45) is 0 Å². The molecule has 2 aromatic carbocycles. The normalized spacial score (nSPS) is 14.2. The first-order chi connectivity index (χ1) is 10.1. The molecule has 1 N–H and O–H groups in total. The van der Waals surface area contributed by atoms with E-state index >= 15 is 0 Å². The fraction of sp³-hybridized carbons (Fsp3) is 0.250. The molecular weight excluding hydrogens is 357 g/mol. The highest BCUT2D eigenvalue weighted by Crippen LogP contribution is 2.33. The molecule has 5 heteroatoms. The van der Waals surface area contributed by atoms with Gasteiger partial charge in [-0.25, -0.2) is 4.39 Å². The predicted molar refractivity (Wildman–Crippen MR) is 85.5 cm³/mol. The number of rotatable bonds is 5. The molecule has 110 valence electrons. The van der Waals surface area contributed by atoms with Crippen LogP contribution in [0.15, 0.2) is 40.9 Å². The van der Waals surface area contributed by atoms with Gasteiger partial charge in [-0.3, -0.25) is 0 Å². The summed E-state index contributed by atoms with van der Waals surface area (Å²) in [6.07, 6.45) is 2.43. The summed E-state index contributed by atoms with van der Waals surface area (Å²) in [6.45, 7) is 0.688. The average molecular weight is 371 g/mol. The van der Waals surface area contributed by atoms with Crippen LogP contribution in [0.1, 0.15) is 18.4 Å². The van der Waals surface area contributed by atoms with Crippen molar-refractivity contribution >= 4 is 27.5 Å². The molecule has 0 spiro atoms. The SMILES string of the molecule is Fc1ccc(Br)c(Oc2ccc(Cl)cc2CNC2CC2)c1. The molecule has 0 aliphatic heterocycles. The van der Waals surface area contributed by atoms with Crippen LogP contribution in [0, 0.1) is 5.82 Å². The largest absolute Gasteiger partial charge is 0.456 e. The maximum Gasteiger partial charge on any atom is 0.144 e. The minimum absolute atomic E-state index is 0.334. The molecule has 0 saturated heterocycles. The Hall–Kier alpha value is -1.10. The van der Waals surface area contributed by atoms with Gasteiger partial charge in [-0.05, 0) is 59.1 Å². The van der Waals surface area contributed by atoms with Crippen molar-refractivity contribution in [2.45, 2.75) is 25.4 Å². The molecule has 1 fully saturated rings. The third-order valence-corrected chi connectivity index (χ3v) is 4.18. The Morgan fingerprint density at radius 3 is 2.76 bits per heavy atom. The number of benzene rings is 2. The van der Waals surface area contributed by atoms with Crippen LogP contribution < -0.4 is 10.1 Å². The summed E-state index contributed by atoms with van der Waals surface area (Å²) in [6, 6.07) is 10.4. The highest BCUT2D eigenvalue weighted by molar-refractivity contribution is 9.10. The Morgan fingerprint density at radius 2 is 2.00 bits per heavy atom. The third-order valence-electron chi connectivity index (χ3n) is 3.29. The van der Waals surface area contributed by atoms with Gasteiger partial charge in [-0.15, -0.1) is 0 Å². The first kappa shape index (κ1) is 14.8. The molecule has 1 saturated carbocycles. The monoisotopic (exact) mass is 369 g/mol. The Balaban J connectivity index is 1.84. The van der Waals surface area contributed by atoms with Crippen LogP contribution in [0.5, 0.6) is 11.5 Å². The highest BCUT2D eigenvalue weighted by atomic mass is 79.9. The van der Waals surface area contributed by atoms with Gasteiger partial charge in [0, 0.05) is 29.2 Å². The fourth-order valence-corrected chi connectivity index (χ4v) is 2.52. The second-order valence-electron chi connectivity index (χ2n) is 5.08. The number of hydrogen-bond acceptors (Lipinski definition) is 2. The van der Waals surface area contributed by atoms with Gasteiger partial charge in [0.2, 0.25) is 0 Å². The average Bonchev–Trinajstić information content (AvgIpc) is 3.27. The van der Waals surface area contributed by atoms with Crippen LogP contribution in [0.4, 0.5) is 4.39 Å². The Kier molecular flexibility index (Phi) is 4.48. The van der Waals surface area contributed by atoms with Crippen LogP contribution in [0.25, 0.3) is 0 Å². The standard InChI is InChI=1S/C16H14BrClFNO/c17-14-5-2-12(19)8-16(14)21-15-6-1-11(18)7-10(15)9-20-13-3-4-13/h1-2,5-8,13,20H,3-4,9H2. The second-order valence-corrected chi connectivity index (χ2v) is 6.37. The first-order valence-corrected chi connectivity index (χ1v) is 7.93. The van der Waals surface area contributed by atoms with Crippen LogP contribution in [-0.4, -0.2) is 6.04 Å². The lowest BCUT2D eigenvalue weighted by atomic mass is 10.2. The van der Waals surface area contributed by atoms with Gasteiger partial charge in [0.05, 0.1) is 4.47 Å². The van der Waals surface area contributed by atoms with E-state index in [1.807, 2.05) is 12.1 Å². The number of nitrogens with one attached hydrogen (secondary N) is 1. The zero-order valence-electron chi connectivity index (χ0n) is 11.2. The Bertz CT molecular complexity index is 661. The van der Waals surface area contributed by atoms with Crippen LogP contribution >= 0.6 is 27.5 Å². The zero-order valence-corrected chi connectivity index (χ0v) is 13.5. The van der Waals surface area contributed by atoms with E-state index in [0.717, 1.165) is 5.56 Å². The third kappa shape index (κ3) is 3.96. The minimum Gasteiger partial charge on any atom is -0.456 e. The van der Waals surface area contributed by atoms with E-state index in [2.05, 4.69) is 21.2 Å². The number of hydrogen-bond donors (Lipinski definition) is 1. The lowest BCUT2D eigenvalue weighted by molar-refractivity contribution is 0.464. The first-order valence-electron chi connectivity index (χ1n) is 6.76. The molecular formula is C16H14BrClFNO. The highest BCUT2D eigenvalue weighted by Gasteiger charge is 2.21. The molecule has 2 nitrogen and oxygen atoms in total. The number of ether oxygens (including phenoxy) is 1. The van der Waals surface area contributed by atoms with Gasteiger partial charge in [0.1, 0.15) is 17.3 Å². The van der Waals surface area contributed by atoms with Crippen molar-refractivity contribution in [3.63, 3.8) is 0 Å². The lowest BCUT2D eigenvalue weighted by Crippen LogP contribution is -2.15. The maximum absolute atomic E-state index is 13.3. The summed E-state index contributed by atoms with van der Waals surface area (Å²) in [5, 5.41) is 4.09. The van der Waals surface area contributed by atoms with Gasteiger partial charge in [-0.2, -0.15) is 0 Å². The van der Waals surface area contributed by atoms with Gasteiger partial charge in [-0.1, -0.05) is 11.6 Å². The molecule has 0 heterocycles. The van der Waals surface area contributed by atoms with Gasteiger partial charge < -0.3 is 10.1 Å². The molecule has 1 aliphatic rings. The van der Waals surface area contributed by atoms with Gasteiger partial charge in [0.25, 0.3) is 0 Å². The smallest absolute Gasteiger partial charge is 0.144 e. The van der Waals surface area contributed by atoms with Crippen molar-refractivity contribution in [3.05, 3.63) is 57.3 Å². The van der Waals surface area contributed by atoms with Gasteiger partial charge in [0.15, 0.2) is 0 Å². The summed E-state index contributed by atoms with van der Waals surface area (Å²) in [7, 11) is 0. The Morgan fingerprint density at radius 1 is 1.19 bits per heavy atom. The molecule has 0 radical (unpaired) electrons. The van der Waals surface area contributed by atoms with Crippen LogP contribution in [0.3, 0.4) is 0 Å². The van der Waals surface area contributed by atoms with Crippen LogP contribution in [-0.2, 0) is 6.54 Å². The maximum atomic E-state index is 13.3. The molecule has 2 aromatic rings. The summed E-state index contributed by atoms with van der Waals surface area (Å²) < 4.78 is 19.9. The van der Waals surface area contributed by atoms with E-state index in [9.17, 15) is 4.39 Å². The molecule has 0 amide bonds. The molecule has 0 aromatic heterocycles. The summed E-state index contributed by atoms with van der Waals surface area (Å²) in [5.74, 6) is 0.795. The van der Waals surface area contributed by atoms with Crippen molar-refractivity contribution in [3.8, 4) is 11.5 Å². The topological polar surface area (TPSA) is 21.3 Å². The molecule has 21 heavy (non-hydrogen) atoms. The van der Waals surface area contributed by atoms with Crippen LogP contribution in [0.2, 0.25) is 5.02 Å². The molecule has 0 bridgehead atoms. The molecule has 1 aliphatic carbocycles. The van der Waals surface area contributed by atoms with Crippen molar-refractivity contribution in [2.75, 3.05) is 0 Å². The van der Waals surface area contributed by atoms with Gasteiger partial charge >= 0.3 is 0 Å². The van der Waals surface area contributed by atoms with E-state index in [4.69, 9.17) is 16.3 Å².